The zero-order valence-electron chi connectivity index (χ0n) is 12.1. The largest absolute Gasteiger partial charge is 0.361 e. The minimum absolute atomic E-state index is 0.0454. The maximum atomic E-state index is 11.9. The molecule has 0 aliphatic carbocycles. The van der Waals surface area contributed by atoms with Crippen LogP contribution in [0.3, 0.4) is 0 Å². The van der Waals surface area contributed by atoms with Crippen molar-refractivity contribution in [1.29, 1.82) is 0 Å². The fourth-order valence-electron chi connectivity index (χ4n) is 2.54. The number of fused-ring (bicyclic) bond motifs is 1. The molecule has 0 bridgehead atoms. The topological polar surface area (TPSA) is 44.9 Å². The van der Waals surface area contributed by atoms with E-state index in [0.29, 0.717) is 13.0 Å². The van der Waals surface area contributed by atoms with Gasteiger partial charge in [-0.25, -0.2) is 0 Å². The molecule has 0 aliphatic heterocycles. The molecular formula is C18H17ClN2O. The van der Waals surface area contributed by atoms with E-state index >= 15 is 0 Å². The molecule has 0 fully saturated rings. The van der Waals surface area contributed by atoms with Gasteiger partial charge in [0.25, 0.3) is 0 Å². The predicted molar refractivity (Wildman–Crippen MR) is 90.2 cm³/mol. The number of carbonyl (C=O) groups excluding carboxylic acids is 1. The fourth-order valence-corrected chi connectivity index (χ4v) is 2.71. The highest BCUT2D eigenvalue weighted by atomic mass is 35.5. The van der Waals surface area contributed by atoms with Gasteiger partial charge < -0.3 is 10.3 Å². The van der Waals surface area contributed by atoms with Gasteiger partial charge >= 0.3 is 0 Å². The van der Waals surface area contributed by atoms with Gasteiger partial charge in [-0.3, -0.25) is 4.79 Å². The van der Waals surface area contributed by atoms with Gasteiger partial charge in [0.1, 0.15) is 0 Å². The third kappa shape index (κ3) is 3.49. The van der Waals surface area contributed by atoms with Crippen molar-refractivity contribution in [2.75, 3.05) is 6.54 Å². The third-order valence-electron chi connectivity index (χ3n) is 3.65. The molecule has 1 amide bonds. The van der Waals surface area contributed by atoms with Crippen molar-refractivity contribution >= 4 is 28.4 Å². The Hall–Kier alpha value is -2.26. The second-order valence-electron chi connectivity index (χ2n) is 5.27. The molecule has 3 rings (SSSR count). The maximum Gasteiger partial charge on any atom is 0.224 e. The highest BCUT2D eigenvalue weighted by Gasteiger charge is 2.06. The van der Waals surface area contributed by atoms with Crippen LogP contribution in [0.1, 0.15) is 11.1 Å². The Morgan fingerprint density at radius 2 is 1.95 bits per heavy atom. The molecule has 0 aliphatic rings. The summed E-state index contributed by atoms with van der Waals surface area (Å²) < 4.78 is 0. The lowest BCUT2D eigenvalue weighted by molar-refractivity contribution is -0.120. The molecule has 0 spiro atoms. The van der Waals surface area contributed by atoms with Crippen molar-refractivity contribution < 1.29 is 4.79 Å². The molecule has 112 valence electrons. The lowest BCUT2D eigenvalue weighted by atomic mass is 10.1. The number of hydrogen-bond acceptors (Lipinski definition) is 1. The second-order valence-corrected chi connectivity index (χ2v) is 5.70. The van der Waals surface area contributed by atoms with E-state index in [9.17, 15) is 4.79 Å². The van der Waals surface area contributed by atoms with Crippen LogP contribution in [0, 0.1) is 0 Å². The summed E-state index contributed by atoms with van der Waals surface area (Å²) >= 11 is 6.04. The van der Waals surface area contributed by atoms with Crippen LogP contribution in [0.5, 0.6) is 0 Å². The van der Waals surface area contributed by atoms with Crippen molar-refractivity contribution in [2.45, 2.75) is 12.8 Å². The fraction of sp³-hybridized carbons (Fsp3) is 0.167. The predicted octanol–water partition coefficient (Wildman–Crippen LogP) is 3.72. The number of H-pyrrole nitrogens is 1. The Labute approximate surface area is 134 Å². The van der Waals surface area contributed by atoms with Gasteiger partial charge in [0.2, 0.25) is 5.91 Å². The minimum Gasteiger partial charge on any atom is -0.361 e. The average molecular weight is 313 g/mol. The highest BCUT2D eigenvalue weighted by Crippen LogP contribution is 2.22. The Balaban J connectivity index is 1.56. The van der Waals surface area contributed by atoms with Gasteiger partial charge in [0, 0.05) is 28.7 Å². The quantitative estimate of drug-likeness (QED) is 0.741. The van der Waals surface area contributed by atoms with E-state index in [4.69, 9.17) is 11.6 Å². The van der Waals surface area contributed by atoms with Crippen LogP contribution >= 0.6 is 11.6 Å². The number of rotatable bonds is 5. The van der Waals surface area contributed by atoms with E-state index in [-0.39, 0.29) is 5.91 Å². The van der Waals surface area contributed by atoms with E-state index in [1.807, 2.05) is 54.7 Å². The summed E-state index contributed by atoms with van der Waals surface area (Å²) in [6.45, 7) is 0.616. The summed E-state index contributed by atoms with van der Waals surface area (Å²) in [6.07, 6.45) is 3.17. The monoisotopic (exact) mass is 312 g/mol. The van der Waals surface area contributed by atoms with Crippen LogP contribution < -0.4 is 5.32 Å². The Kier molecular flexibility index (Phi) is 4.45. The average Bonchev–Trinajstić information content (AvgIpc) is 2.91. The zero-order chi connectivity index (χ0) is 15.4. The number of nitrogens with one attached hydrogen (secondary N) is 2. The first-order valence-electron chi connectivity index (χ1n) is 7.28. The van der Waals surface area contributed by atoms with Crippen molar-refractivity contribution in [3.63, 3.8) is 0 Å². The molecule has 2 N–H and O–H groups in total. The minimum atomic E-state index is 0.0454. The van der Waals surface area contributed by atoms with E-state index in [0.717, 1.165) is 33.5 Å². The van der Waals surface area contributed by atoms with Gasteiger partial charge in [0.15, 0.2) is 0 Å². The SMILES string of the molecule is O=C(Cc1ccccc1)NCCc1c[nH]c2ccc(Cl)cc12. The summed E-state index contributed by atoms with van der Waals surface area (Å²) in [7, 11) is 0. The van der Waals surface area contributed by atoms with Crippen LogP contribution in [0.4, 0.5) is 0 Å². The van der Waals surface area contributed by atoms with Crippen molar-refractivity contribution in [1.82, 2.24) is 10.3 Å². The number of aromatic nitrogens is 1. The number of benzene rings is 2. The van der Waals surface area contributed by atoms with Gasteiger partial charge in [-0.2, -0.15) is 0 Å². The summed E-state index contributed by atoms with van der Waals surface area (Å²) in [5.74, 6) is 0.0454. The summed E-state index contributed by atoms with van der Waals surface area (Å²) in [5.41, 5.74) is 3.26. The van der Waals surface area contributed by atoms with E-state index in [1.54, 1.807) is 0 Å². The molecule has 1 heterocycles. The molecule has 22 heavy (non-hydrogen) atoms. The van der Waals surface area contributed by atoms with Gasteiger partial charge in [-0.1, -0.05) is 41.9 Å². The summed E-state index contributed by atoms with van der Waals surface area (Å²) in [6, 6.07) is 15.5. The molecular weight excluding hydrogens is 296 g/mol. The standard InChI is InChI=1S/C18H17ClN2O/c19-15-6-7-17-16(11-15)14(12-21-17)8-9-20-18(22)10-13-4-2-1-3-5-13/h1-7,11-12,21H,8-10H2,(H,20,22). The molecule has 2 aromatic carbocycles. The number of halogens is 1. The van der Waals surface area contributed by atoms with Gasteiger partial charge in [-0.15, -0.1) is 0 Å². The molecule has 0 saturated heterocycles. The number of aromatic amines is 1. The Morgan fingerprint density at radius 3 is 2.77 bits per heavy atom. The molecule has 0 radical (unpaired) electrons. The Morgan fingerprint density at radius 1 is 1.14 bits per heavy atom. The molecule has 0 saturated carbocycles. The zero-order valence-corrected chi connectivity index (χ0v) is 12.9. The molecule has 0 unspecified atom stereocenters. The van der Waals surface area contributed by atoms with Crippen molar-refractivity contribution in [3.8, 4) is 0 Å². The van der Waals surface area contributed by atoms with Gasteiger partial charge in [-0.05, 0) is 35.7 Å². The van der Waals surface area contributed by atoms with Crippen LogP contribution in [-0.4, -0.2) is 17.4 Å². The lowest BCUT2D eigenvalue weighted by Gasteiger charge is -2.05. The van der Waals surface area contributed by atoms with E-state index in [1.165, 1.54) is 0 Å². The third-order valence-corrected chi connectivity index (χ3v) is 3.89. The molecule has 0 atom stereocenters. The number of hydrogen-bond donors (Lipinski definition) is 2. The van der Waals surface area contributed by atoms with Crippen molar-refractivity contribution in [3.05, 3.63) is 70.9 Å². The van der Waals surface area contributed by atoms with Gasteiger partial charge in [0.05, 0.1) is 6.42 Å². The number of amides is 1. The molecule has 4 heteroatoms. The lowest BCUT2D eigenvalue weighted by Crippen LogP contribution is -2.27. The summed E-state index contributed by atoms with van der Waals surface area (Å²) in [5, 5.41) is 4.80. The van der Waals surface area contributed by atoms with E-state index in [2.05, 4.69) is 10.3 Å². The number of carbonyl (C=O) groups is 1. The first-order valence-corrected chi connectivity index (χ1v) is 7.66. The van der Waals surface area contributed by atoms with Crippen LogP contribution in [0.2, 0.25) is 5.02 Å². The van der Waals surface area contributed by atoms with Crippen molar-refractivity contribution in [2.24, 2.45) is 0 Å². The van der Waals surface area contributed by atoms with Crippen LogP contribution in [0.15, 0.2) is 54.7 Å². The second kappa shape index (κ2) is 6.67. The summed E-state index contributed by atoms with van der Waals surface area (Å²) in [4.78, 5) is 15.1. The molecule has 3 nitrogen and oxygen atoms in total. The molecule has 3 aromatic rings. The van der Waals surface area contributed by atoms with E-state index < -0.39 is 0 Å². The molecule has 1 aromatic heterocycles. The first kappa shape index (κ1) is 14.7. The Bertz CT molecular complexity index is 780. The first-order chi connectivity index (χ1) is 10.7. The normalized spacial score (nSPS) is 10.8. The highest BCUT2D eigenvalue weighted by molar-refractivity contribution is 6.31. The van der Waals surface area contributed by atoms with Crippen LogP contribution in [0.25, 0.3) is 10.9 Å². The maximum absolute atomic E-state index is 11.9. The smallest absolute Gasteiger partial charge is 0.224 e. The van der Waals surface area contributed by atoms with Crippen LogP contribution in [-0.2, 0) is 17.6 Å².